The molecule has 0 bridgehead atoms. The zero-order chi connectivity index (χ0) is 11.5. The lowest BCUT2D eigenvalue weighted by atomic mass is 9.98. The molecule has 2 heteroatoms. The number of carbonyl (C=O) groups is 1. The van der Waals surface area contributed by atoms with Crippen molar-refractivity contribution in [1.29, 1.82) is 0 Å². The summed E-state index contributed by atoms with van der Waals surface area (Å²) in [6.07, 6.45) is 2.83. The predicted octanol–water partition coefficient (Wildman–Crippen LogP) is 3.33. The van der Waals surface area contributed by atoms with Crippen LogP contribution in [0.2, 0.25) is 0 Å². The molecule has 1 amide bonds. The molecule has 0 spiro atoms. The Morgan fingerprint density at radius 1 is 1.44 bits per heavy atom. The largest absolute Gasteiger partial charge is 0.312 e. The third kappa shape index (κ3) is 2.11. The lowest BCUT2D eigenvalue weighted by Gasteiger charge is -2.18. The number of benzene rings is 1. The normalized spacial score (nSPS) is 17.9. The van der Waals surface area contributed by atoms with Crippen LogP contribution in [0.1, 0.15) is 44.6 Å². The van der Waals surface area contributed by atoms with E-state index in [2.05, 4.69) is 32.0 Å². The number of anilines is 1. The second-order valence-electron chi connectivity index (χ2n) is 4.55. The minimum Gasteiger partial charge on any atom is -0.312 e. The topological polar surface area (TPSA) is 20.3 Å². The van der Waals surface area contributed by atoms with Gasteiger partial charge in [-0.05, 0) is 36.5 Å². The van der Waals surface area contributed by atoms with Crippen LogP contribution in [-0.4, -0.2) is 12.5 Å². The molecule has 1 aliphatic heterocycles. The van der Waals surface area contributed by atoms with Crippen LogP contribution in [0.15, 0.2) is 24.3 Å². The molecule has 16 heavy (non-hydrogen) atoms. The van der Waals surface area contributed by atoms with E-state index >= 15 is 0 Å². The van der Waals surface area contributed by atoms with Gasteiger partial charge in [0.2, 0.25) is 5.91 Å². The highest BCUT2D eigenvalue weighted by atomic mass is 16.2. The summed E-state index contributed by atoms with van der Waals surface area (Å²) in [5.74, 6) is 0.832. The van der Waals surface area contributed by atoms with Crippen molar-refractivity contribution in [2.24, 2.45) is 0 Å². The molecule has 0 aliphatic carbocycles. The molecule has 0 saturated carbocycles. The van der Waals surface area contributed by atoms with Crippen LogP contribution in [-0.2, 0) is 4.79 Å². The van der Waals surface area contributed by atoms with Crippen molar-refractivity contribution in [3.8, 4) is 0 Å². The number of rotatable bonds is 3. The zero-order valence-corrected chi connectivity index (χ0v) is 10.1. The Labute approximate surface area is 97.3 Å². The summed E-state index contributed by atoms with van der Waals surface area (Å²) in [5, 5.41) is 0. The molecule has 2 rings (SSSR count). The SMILES string of the molecule is CCC(C)c1cccc(N2CCCC2=O)c1. The second-order valence-corrected chi connectivity index (χ2v) is 4.55. The van der Waals surface area contributed by atoms with E-state index in [1.807, 2.05) is 11.0 Å². The smallest absolute Gasteiger partial charge is 0.227 e. The van der Waals surface area contributed by atoms with Gasteiger partial charge in [-0.25, -0.2) is 0 Å². The Morgan fingerprint density at radius 3 is 2.88 bits per heavy atom. The quantitative estimate of drug-likeness (QED) is 0.760. The first-order valence-electron chi connectivity index (χ1n) is 6.12. The number of amides is 1. The third-order valence-electron chi connectivity index (χ3n) is 3.44. The number of hydrogen-bond donors (Lipinski definition) is 0. The molecular weight excluding hydrogens is 198 g/mol. The van der Waals surface area contributed by atoms with Crippen LogP contribution in [0, 0.1) is 0 Å². The van der Waals surface area contributed by atoms with Gasteiger partial charge in [-0.3, -0.25) is 4.79 Å². The van der Waals surface area contributed by atoms with Gasteiger partial charge in [0, 0.05) is 18.7 Å². The molecule has 1 aromatic carbocycles. The van der Waals surface area contributed by atoms with E-state index in [0.717, 1.165) is 25.1 Å². The molecule has 0 N–H and O–H groups in total. The molecule has 1 aliphatic rings. The van der Waals surface area contributed by atoms with E-state index in [-0.39, 0.29) is 5.91 Å². The minimum atomic E-state index is 0.265. The summed E-state index contributed by atoms with van der Waals surface area (Å²) in [4.78, 5) is 13.6. The van der Waals surface area contributed by atoms with Crippen LogP contribution in [0.3, 0.4) is 0 Å². The average molecular weight is 217 g/mol. The van der Waals surface area contributed by atoms with Gasteiger partial charge < -0.3 is 4.90 Å². The van der Waals surface area contributed by atoms with Crippen LogP contribution in [0.5, 0.6) is 0 Å². The van der Waals surface area contributed by atoms with Gasteiger partial charge in [0.1, 0.15) is 0 Å². The molecule has 86 valence electrons. The molecule has 1 unspecified atom stereocenters. The lowest BCUT2D eigenvalue weighted by Crippen LogP contribution is -2.23. The Morgan fingerprint density at radius 2 is 2.25 bits per heavy atom. The van der Waals surface area contributed by atoms with E-state index in [1.165, 1.54) is 5.56 Å². The van der Waals surface area contributed by atoms with E-state index in [9.17, 15) is 4.79 Å². The van der Waals surface area contributed by atoms with Crippen LogP contribution in [0.4, 0.5) is 5.69 Å². The molecular formula is C14H19NO. The first kappa shape index (κ1) is 11.2. The zero-order valence-electron chi connectivity index (χ0n) is 10.1. The predicted molar refractivity (Wildman–Crippen MR) is 66.7 cm³/mol. The second kappa shape index (κ2) is 4.69. The number of hydrogen-bond acceptors (Lipinski definition) is 1. The standard InChI is InChI=1S/C14H19NO/c1-3-11(2)12-6-4-7-13(10-12)15-9-5-8-14(15)16/h4,6-7,10-11H,3,5,8-9H2,1-2H3. The fourth-order valence-corrected chi connectivity index (χ4v) is 2.16. The summed E-state index contributed by atoms with van der Waals surface area (Å²) in [7, 11) is 0. The maximum Gasteiger partial charge on any atom is 0.227 e. The lowest BCUT2D eigenvalue weighted by molar-refractivity contribution is -0.117. The Kier molecular flexibility index (Phi) is 3.28. The molecule has 1 saturated heterocycles. The fourth-order valence-electron chi connectivity index (χ4n) is 2.16. The summed E-state index contributed by atoms with van der Waals surface area (Å²) < 4.78 is 0. The summed E-state index contributed by atoms with van der Waals surface area (Å²) >= 11 is 0. The maximum atomic E-state index is 11.7. The van der Waals surface area contributed by atoms with E-state index in [0.29, 0.717) is 12.3 Å². The van der Waals surface area contributed by atoms with E-state index < -0.39 is 0 Å². The van der Waals surface area contributed by atoms with Gasteiger partial charge >= 0.3 is 0 Å². The van der Waals surface area contributed by atoms with Crippen molar-refractivity contribution in [2.75, 3.05) is 11.4 Å². The maximum absolute atomic E-state index is 11.7. The number of carbonyl (C=O) groups excluding carboxylic acids is 1. The number of nitrogens with zero attached hydrogens (tertiary/aromatic N) is 1. The van der Waals surface area contributed by atoms with Gasteiger partial charge in [-0.2, -0.15) is 0 Å². The van der Waals surface area contributed by atoms with Gasteiger partial charge in [0.05, 0.1) is 0 Å². The summed E-state index contributed by atoms with van der Waals surface area (Å²) in [6.45, 7) is 5.30. The minimum absolute atomic E-state index is 0.265. The van der Waals surface area contributed by atoms with E-state index in [1.54, 1.807) is 0 Å². The van der Waals surface area contributed by atoms with Gasteiger partial charge in [-0.1, -0.05) is 26.0 Å². The highest BCUT2D eigenvalue weighted by molar-refractivity contribution is 5.95. The van der Waals surface area contributed by atoms with Gasteiger partial charge in [-0.15, -0.1) is 0 Å². The summed E-state index contributed by atoms with van der Waals surface area (Å²) in [5.41, 5.74) is 2.40. The van der Waals surface area contributed by atoms with Gasteiger partial charge in [0.15, 0.2) is 0 Å². The van der Waals surface area contributed by atoms with E-state index in [4.69, 9.17) is 0 Å². The molecule has 0 aromatic heterocycles. The Bertz CT molecular complexity index is 386. The molecule has 1 aromatic rings. The monoisotopic (exact) mass is 217 g/mol. The van der Waals surface area contributed by atoms with Crippen molar-refractivity contribution in [3.63, 3.8) is 0 Å². The van der Waals surface area contributed by atoms with Crippen molar-refractivity contribution in [1.82, 2.24) is 0 Å². The summed E-state index contributed by atoms with van der Waals surface area (Å²) in [6, 6.07) is 8.41. The molecule has 2 nitrogen and oxygen atoms in total. The highest BCUT2D eigenvalue weighted by Crippen LogP contribution is 2.26. The first-order chi connectivity index (χ1) is 7.72. The van der Waals surface area contributed by atoms with Crippen LogP contribution < -0.4 is 4.90 Å². The van der Waals surface area contributed by atoms with Crippen LogP contribution >= 0.6 is 0 Å². The van der Waals surface area contributed by atoms with Crippen LogP contribution in [0.25, 0.3) is 0 Å². The molecule has 1 fully saturated rings. The van der Waals surface area contributed by atoms with Crippen molar-refractivity contribution in [2.45, 2.75) is 39.0 Å². The molecule has 1 heterocycles. The Balaban J connectivity index is 2.25. The first-order valence-corrected chi connectivity index (χ1v) is 6.12. The average Bonchev–Trinajstić information content (AvgIpc) is 2.74. The Hall–Kier alpha value is -1.31. The van der Waals surface area contributed by atoms with Gasteiger partial charge in [0.25, 0.3) is 0 Å². The van der Waals surface area contributed by atoms with Crippen molar-refractivity contribution in [3.05, 3.63) is 29.8 Å². The fraction of sp³-hybridized carbons (Fsp3) is 0.500. The molecule has 1 atom stereocenters. The van der Waals surface area contributed by atoms with Crippen molar-refractivity contribution < 1.29 is 4.79 Å². The third-order valence-corrected chi connectivity index (χ3v) is 3.44. The van der Waals surface area contributed by atoms with Crippen molar-refractivity contribution >= 4 is 11.6 Å². The molecule has 0 radical (unpaired) electrons. The highest BCUT2D eigenvalue weighted by Gasteiger charge is 2.21.